The van der Waals surface area contributed by atoms with Crippen LogP contribution in [0.25, 0.3) is 0 Å². The van der Waals surface area contributed by atoms with Crippen molar-refractivity contribution in [2.45, 2.75) is 38.8 Å². The van der Waals surface area contributed by atoms with E-state index in [-0.39, 0.29) is 12.1 Å². The van der Waals surface area contributed by atoms with E-state index in [1.54, 1.807) is 0 Å². The normalized spacial score (nSPS) is 18.3. The van der Waals surface area contributed by atoms with Gasteiger partial charge in [-0.15, -0.1) is 0 Å². The molecule has 82 valence electrons. The number of hydrogen-bond acceptors (Lipinski definition) is 4. The Balaban J connectivity index is 2.02. The Morgan fingerprint density at radius 1 is 1.43 bits per heavy atom. The zero-order valence-corrected chi connectivity index (χ0v) is 8.86. The van der Waals surface area contributed by atoms with Crippen LogP contribution in [0.3, 0.4) is 0 Å². The fourth-order valence-electron chi connectivity index (χ4n) is 1.17. The number of nitrogens with two attached hydrogens (primary N) is 1. The van der Waals surface area contributed by atoms with Crippen LogP contribution in [0.15, 0.2) is 0 Å². The smallest absolute Gasteiger partial charge is 0.323 e. The van der Waals surface area contributed by atoms with Crippen molar-refractivity contribution < 1.29 is 14.3 Å². The minimum absolute atomic E-state index is 0.172. The first-order valence-corrected chi connectivity index (χ1v) is 5.15. The maximum atomic E-state index is 11.3. The number of hydrogen-bond donors (Lipinski definition) is 1. The molecule has 2 N–H and O–H groups in total. The molecule has 1 aliphatic carbocycles. The predicted octanol–water partition coefficient (Wildman–Crippen LogP) is 0.692. The van der Waals surface area contributed by atoms with Gasteiger partial charge >= 0.3 is 5.97 Å². The third kappa shape index (κ3) is 4.07. The van der Waals surface area contributed by atoms with Crippen LogP contribution < -0.4 is 5.73 Å². The summed E-state index contributed by atoms with van der Waals surface area (Å²) in [7, 11) is 0. The van der Waals surface area contributed by atoms with E-state index in [4.69, 9.17) is 15.2 Å². The first-order chi connectivity index (χ1) is 6.61. The molecular formula is C10H19NO3. The number of esters is 1. The lowest BCUT2D eigenvalue weighted by Crippen LogP contribution is -2.35. The Kier molecular flexibility index (Phi) is 4.35. The highest BCUT2D eigenvalue weighted by Crippen LogP contribution is 2.31. The molecule has 4 nitrogen and oxygen atoms in total. The van der Waals surface area contributed by atoms with Crippen molar-refractivity contribution >= 4 is 5.97 Å². The van der Waals surface area contributed by atoms with E-state index in [0.29, 0.717) is 19.1 Å². The van der Waals surface area contributed by atoms with Crippen molar-refractivity contribution in [3.63, 3.8) is 0 Å². The highest BCUT2D eigenvalue weighted by atomic mass is 16.6. The zero-order valence-electron chi connectivity index (χ0n) is 8.86. The largest absolute Gasteiger partial charge is 0.462 e. The molecule has 0 aromatic heterocycles. The Hall–Kier alpha value is -0.610. The van der Waals surface area contributed by atoms with Crippen LogP contribution in [0, 0.1) is 5.92 Å². The van der Waals surface area contributed by atoms with Gasteiger partial charge in [-0.1, -0.05) is 0 Å². The first kappa shape index (κ1) is 11.5. The van der Waals surface area contributed by atoms with E-state index in [1.807, 2.05) is 13.8 Å². The van der Waals surface area contributed by atoms with E-state index in [2.05, 4.69) is 0 Å². The second-order valence-electron chi connectivity index (χ2n) is 3.95. The summed E-state index contributed by atoms with van der Waals surface area (Å²) in [5, 5.41) is 0. The molecule has 1 unspecified atom stereocenters. The highest BCUT2D eigenvalue weighted by Gasteiger charge is 2.34. The summed E-state index contributed by atoms with van der Waals surface area (Å²) < 4.78 is 10.2. The molecule has 0 saturated heterocycles. The Morgan fingerprint density at radius 3 is 2.57 bits per heavy atom. The molecule has 0 radical (unpaired) electrons. The quantitative estimate of drug-likeness (QED) is 0.507. The highest BCUT2D eigenvalue weighted by molar-refractivity contribution is 5.76. The van der Waals surface area contributed by atoms with Crippen LogP contribution in [0.1, 0.15) is 26.7 Å². The van der Waals surface area contributed by atoms with Crippen LogP contribution in [-0.4, -0.2) is 31.3 Å². The van der Waals surface area contributed by atoms with E-state index >= 15 is 0 Å². The summed E-state index contributed by atoms with van der Waals surface area (Å²) in [5.41, 5.74) is 5.65. The van der Waals surface area contributed by atoms with Gasteiger partial charge in [0.25, 0.3) is 0 Å². The predicted molar refractivity (Wildman–Crippen MR) is 52.7 cm³/mol. The first-order valence-electron chi connectivity index (χ1n) is 5.15. The van der Waals surface area contributed by atoms with Gasteiger partial charge in [0.2, 0.25) is 0 Å². The van der Waals surface area contributed by atoms with Crippen LogP contribution in [0.5, 0.6) is 0 Å². The lowest BCUT2D eigenvalue weighted by Gasteiger charge is -2.11. The van der Waals surface area contributed by atoms with Gasteiger partial charge in [-0.3, -0.25) is 4.79 Å². The molecule has 1 aliphatic rings. The topological polar surface area (TPSA) is 61.5 Å². The van der Waals surface area contributed by atoms with Gasteiger partial charge in [0.05, 0.1) is 12.7 Å². The summed E-state index contributed by atoms with van der Waals surface area (Å²) in [6.45, 7) is 4.63. The lowest BCUT2D eigenvalue weighted by atomic mass is 10.2. The molecule has 0 aromatic rings. The van der Waals surface area contributed by atoms with Gasteiger partial charge in [0.1, 0.15) is 12.6 Å². The number of carbonyl (C=O) groups excluding carboxylic acids is 1. The molecular weight excluding hydrogens is 182 g/mol. The van der Waals surface area contributed by atoms with E-state index in [9.17, 15) is 4.79 Å². The Bertz CT molecular complexity index is 190. The third-order valence-corrected chi connectivity index (χ3v) is 2.18. The minimum Gasteiger partial charge on any atom is -0.462 e. The maximum Gasteiger partial charge on any atom is 0.323 e. The van der Waals surface area contributed by atoms with E-state index in [0.717, 1.165) is 12.8 Å². The van der Waals surface area contributed by atoms with Crippen LogP contribution >= 0.6 is 0 Å². The minimum atomic E-state index is -0.422. The van der Waals surface area contributed by atoms with Gasteiger partial charge in [-0.25, -0.2) is 0 Å². The molecule has 1 fully saturated rings. The van der Waals surface area contributed by atoms with Gasteiger partial charge in [0.15, 0.2) is 0 Å². The molecule has 1 atom stereocenters. The molecule has 14 heavy (non-hydrogen) atoms. The van der Waals surface area contributed by atoms with Gasteiger partial charge in [-0.05, 0) is 32.6 Å². The maximum absolute atomic E-state index is 11.3. The van der Waals surface area contributed by atoms with Gasteiger partial charge < -0.3 is 15.2 Å². The molecule has 0 spiro atoms. The standard InChI is InChI=1S/C10H19NO3/c1-7(2)13-5-6-14-10(12)9(11)8-3-4-8/h7-9H,3-6,11H2,1-2H3. The van der Waals surface area contributed by atoms with Crippen molar-refractivity contribution in [2.24, 2.45) is 11.7 Å². The van der Waals surface area contributed by atoms with E-state index < -0.39 is 6.04 Å². The van der Waals surface area contributed by atoms with Crippen molar-refractivity contribution in [1.29, 1.82) is 0 Å². The van der Waals surface area contributed by atoms with Crippen molar-refractivity contribution in [3.05, 3.63) is 0 Å². The number of rotatable bonds is 6. The van der Waals surface area contributed by atoms with Gasteiger partial charge in [0, 0.05) is 0 Å². The molecule has 0 heterocycles. The Labute approximate surface area is 84.7 Å². The van der Waals surface area contributed by atoms with Crippen molar-refractivity contribution in [2.75, 3.05) is 13.2 Å². The van der Waals surface area contributed by atoms with Crippen LogP contribution in [-0.2, 0) is 14.3 Å². The summed E-state index contributed by atoms with van der Waals surface area (Å²) in [6, 6.07) is -0.422. The SMILES string of the molecule is CC(C)OCCOC(=O)C(N)C1CC1. The molecule has 0 bridgehead atoms. The second-order valence-corrected chi connectivity index (χ2v) is 3.95. The molecule has 4 heteroatoms. The summed E-state index contributed by atoms with van der Waals surface area (Å²) in [4.78, 5) is 11.3. The third-order valence-electron chi connectivity index (χ3n) is 2.18. The fraction of sp³-hybridized carbons (Fsp3) is 0.900. The summed E-state index contributed by atoms with van der Waals surface area (Å²) >= 11 is 0. The summed E-state index contributed by atoms with van der Waals surface area (Å²) in [5.74, 6) is 0.0633. The van der Waals surface area contributed by atoms with Crippen LogP contribution in [0.4, 0.5) is 0 Å². The van der Waals surface area contributed by atoms with Crippen molar-refractivity contribution in [1.82, 2.24) is 0 Å². The second kappa shape index (κ2) is 5.32. The van der Waals surface area contributed by atoms with Crippen LogP contribution in [0.2, 0.25) is 0 Å². The molecule has 1 rings (SSSR count). The Morgan fingerprint density at radius 2 is 2.07 bits per heavy atom. The summed E-state index contributed by atoms with van der Waals surface area (Å²) in [6.07, 6.45) is 2.28. The number of carbonyl (C=O) groups is 1. The average molecular weight is 201 g/mol. The monoisotopic (exact) mass is 201 g/mol. The van der Waals surface area contributed by atoms with E-state index in [1.165, 1.54) is 0 Å². The molecule has 0 aromatic carbocycles. The molecule has 0 amide bonds. The average Bonchev–Trinajstić information content (AvgIpc) is 2.93. The van der Waals surface area contributed by atoms with Gasteiger partial charge in [-0.2, -0.15) is 0 Å². The fourth-order valence-corrected chi connectivity index (χ4v) is 1.17. The molecule has 0 aliphatic heterocycles. The molecule has 1 saturated carbocycles. The number of ether oxygens (including phenoxy) is 2. The van der Waals surface area contributed by atoms with Crippen molar-refractivity contribution in [3.8, 4) is 0 Å². The lowest BCUT2D eigenvalue weighted by molar-refractivity contribution is -0.147. The zero-order chi connectivity index (χ0) is 10.6.